The van der Waals surface area contributed by atoms with Crippen LogP contribution in [0.15, 0.2) is 230 Å². The molecule has 4 heteroatoms. The molecule has 0 fully saturated rings. The van der Waals surface area contributed by atoms with Crippen molar-refractivity contribution in [3.05, 3.63) is 304 Å². The lowest BCUT2D eigenvalue weighted by Gasteiger charge is -2.36. The standard InChI is InChI=1S/C68H47F2NO/c1-5-44-19-23-46(24-20-44)67(48-27-35-63(69)42(3)37-48)59-16-10-7-13-53(59)55-32-29-50(39-61(55)67)71(52-31-34-58-57-15-9-12-18-65(57)72-66(58)41-52)51-30-33-56-54-14-8-11-17-60(54)68(62(56)40-51,47-25-21-45(6-2)22-26-47)49-28-36-64(70)43(4)38-49/h5-41H,1-2H2,3-4H3. The maximum absolute atomic E-state index is 15.4. The molecule has 10 aromatic carbocycles. The van der Waals surface area contributed by atoms with Crippen molar-refractivity contribution >= 4 is 51.2 Å². The number of anilines is 3. The van der Waals surface area contributed by atoms with Crippen molar-refractivity contribution < 1.29 is 13.2 Å². The molecule has 344 valence electrons. The van der Waals surface area contributed by atoms with E-state index in [0.29, 0.717) is 11.1 Å². The zero-order chi connectivity index (χ0) is 48.9. The highest BCUT2D eigenvalue weighted by atomic mass is 19.1. The van der Waals surface area contributed by atoms with Gasteiger partial charge in [-0.3, -0.25) is 0 Å². The minimum Gasteiger partial charge on any atom is -0.456 e. The van der Waals surface area contributed by atoms with E-state index in [1.807, 2.05) is 68.5 Å². The Labute approximate surface area is 418 Å². The lowest BCUT2D eigenvalue weighted by molar-refractivity contribution is 0.615. The monoisotopic (exact) mass is 931 g/mol. The molecule has 2 atom stereocenters. The highest BCUT2D eigenvalue weighted by Gasteiger charge is 2.48. The maximum Gasteiger partial charge on any atom is 0.137 e. The summed E-state index contributed by atoms with van der Waals surface area (Å²) in [4.78, 5) is 2.34. The number of aryl methyl sites for hydroxylation is 2. The predicted molar refractivity (Wildman–Crippen MR) is 293 cm³/mol. The Bertz CT molecular complexity index is 3820. The number of fused-ring (bicyclic) bond motifs is 9. The second-order valence-electron chi connectivity index (χ2n) is 19.2. The van der Waals surface area contributed by atoms with Crippen molar-refractivity contribution in [2.24, 2.45) is 0 Å². The second-order valence-corrected chi connectivity index (χ2v) is 19.2. The van der Waals surface area contributed by atoms with Gasteiger partial charge in [0.1, 0.15) is 22.8 Å². The van der Waals surface area contributed by atoms with Crippen LogP contribution in [0.4, 0.5) is 25.8 Å². The van der Waals surface area contributed by atoms with Gasteiger partial charge < -0.3 is 9.32 Å². The Morgan fingerprint density at radius 2 is 0.806 bits per heavy atom. The fourth-order valence-electron chi connectivity index (χ4n) is 12.2. The first-order chi connectivity index (χ1) is 35.2. The van der Waals surface area contributed by atoms with Gasteiger partial charge in [0.05, 0.1) is 10.8 Å². The molecule has 72 heavy (non-hydrogen) atoms. The molecule has 0 N–H and O–H groups in total. The van der Waals surface area contributed by atoms with Crippen LogP contribution in [-0.2, 0) is 10.8 Å². The van der Waals surface area contributed by atoms with E-state index in [2.05, 4.69) is 176 Å². The Hall–Kier alpha value is -8.86. The van der Waals surface area contributed by atoms with E-state index in [0.717, 1.165) is 117 Å². The summed E-state index contributed by atoms with van der Waals surface area (Å²) in [7, 11) is 0. The number of rotatable bonds is 9. The van der Waals surface area contributed by atoms with Gasteiger partial charge >= 0.3 is 0 Å². The number of benzene rings is 10. The summed E-state index contributed by atoms with van der Waals surface area (Å²) >= 11 is 0. The van der Waals surface area contributed by atoms with Crippen LogP contribution in [0.25, 0.3) is 56.3 Å². The zero-order valence-corrected chi connectivity index (χ0v) is 39.9. The summed E-state index contributed by atoms with van der Waals surface area (Å²) in [6.45, 7) is 11.8. The minimum atomic E-state index is -0.818. The molecule has 2 nitrogen and oxygen atoms in total. The van der Waals surface area contributed by atoms with Crippen LogP contribution in [0, 0.1) is 25.5 Å². The summed E-state index contributed by atoms with van der Waals surface area (Å²) in [5, 5.41) is 2.09. The molecule has 2 unspecified atom stereocenters. The molecule has 0 saturated carbocycles. The normalized spacial score (nSPS) is 16.3. The van der Waals surface area contributed by atoms with Crippen molar-refractivity contribution in [3.63, 3.8) is 0 Å². The molecule has 0 bridgehead atoms. The number of hydrogen-bond acceptors (Lipinski definition) is 2. The van der Waals surface area contributed by atoms with Gasteiger partial charge in [0.25, 0.3) is 0 Å². The zero-order valence-electron chi connectivity index (χ0n) is 39.9. The average Bonchev–Trinajstić information content (AvgIpc) is 4.05. The molecule has 13 rings (SSSR count). The van der Waals surface area contributed by atoms with E-state index < -0.39 is 10.8 Å². The van der Waals surface area contributed by atoms with Gasteiger partial charge in [-0.2, -0.15) is 0 Å². The molecule has 0 aliphatic heterocycles. The fourth-order valence-corrected chi connectivity index (χ4v) is 12.2. The second kappa shape index (κ2) is 16.4. The van der Waals surface area contributed by atoms with Crippen molar-refractivity contribution in [1.82, 2.24) is 0 Å². The molecule has 2 aliphatic carbocycles. The molecule has 1 aromatic heterocycles. The average molecular weight is 932 g/mol. The van der Waals surface area contributed by atoms with Gasteiger partial charge in [-0.1, -0.05) is 177 Å². The van der Waals surface area contributed by atoms with Crippen LogP contribution >= 0.6 is 0 Å². The van der Waals surface area contributed by atoms with Gasteiger partial charge in [0, 0.05) is 33.9 Å². The SMILES string of the molecule is C=Cc1ccc(C2(c3ccc(F)c(C)c3)c3ccccc3-c3ccc(N(c4ccc5c(c4)C(c4ccc(C=C)cc4)(c4ccc(F)c(C)c4)c4ccccc4-5)c4ccc5c(c4)oc4ccccc45)cc32)cc1. The van der Waals surface area contributed by atoms with Crippen LogP contribution in [-0.4, -0.2) is 0 Å². The summed E-state index contributed by atoms with van der Waals surface area (Å²) in [5.74, 6) is -0.490. The predicted octanol–water partition coefficient (Wildman–Crippen LogP) is 18.0. The van der Waals surface area contributed by atoms with Crippen molar-refractivity contribution in [1.29, 1.82) is 0 Å². The van der Waals surface area contributed by atoms with E-state index in [1.54, 1.807) is 12.1 Å². The third-order valence-electron chi connectivity index (χ3n) is 15.5. The number of para-hydroxylation sites is 1. The van der Waals surface area contributed by atoms with Crippen LogP contribution in [0.3, 0.4) is 0 Å². The van der Waals surface area contributed by atoms with Crippen molar-refractivity contribution in [2.75, 3.05) is 4.90 Å². The lowest BCUT2D eigenvalue weighted by atomic mass is 9.67. The fraction of sp³-hybridized carbons (Fsp3) is 0.0588. The first-order valence-electron chi connectivity index (χ1n) is 24.4. The number of hydrogen-bond donors (Lipinski definition) is 0. The van der Waals surface area contributed by atoms with Crippen molar-refractivity contribution in [3.8, 4) is 22.3 Å². The molecule has 0 saturated heterocycles. The number of halogens is 2. The molecule has 0 radical (unpaired) electrons. The molecular formula is C68H47F2NO. The summed E-state index contributed by atoms with van der Waals surface area (Å²) in [6, 6.07) is 73.9. The number of nitrogens with zero attached hydrogens (tertiary/aromatic N) is 1. The van der Waals surface area contributed by atoms with E-state index >= 15 is 8.78 Å². The van der Waals surface area contributed by atoms with E-state index in [1.165, 1.54) is 0 Å². The lowest BCUT2D eigenvalue weighted by Crippen LogP contribution is -2.29. The largest absolute Gasteiger partial charge is 0.456 e. The van der Waals surface area contributed by atoms with Gasteiger partial charge in [0.2, 0.25) is 0 Å². The van der Waals surface area contributed by atoms with Gasteiger partial charge in [-0.15, -0.1) is 0 Å². The maximum atomic E-state index is 15.4. The third kappa shape index (κ3) is 6.18. The summed E-state index contributed by atoms with van der Waals surface area (Å²) in [5.41, 5.74) is 18.9. The van der Waals surface area contributed by atoms with Crippen LogP contribution < -0.4 is 4.90 Å². The Morgan fingerprint density at radius 1 is 0.389 bits per heavy atom. The van der Waals surface area contributed by atoms with E-state index in [4.69, 9.17) is 4.42 Å². The molecule has 0 spiro atoms. The quantitative estimate of drug-likeness (QED) is 0.143. The van der Waals surface area contributed by atoms with Crippen molar-refractivity contribution in [2.45, 2.75) is 24.7 Å². The highest BCUT2D eigenvalue weighted by molar-refractivity contribution is 6.06. The van der Waals surface area contributed by atoms with Gasteiger partial charge in [-0.05, 0) is 157 Å². The molecule has 1 heterocycles. The first kappa shape index (κ1) is 43.2. The number of furan rings is 1. The summed E-state index contributed by atoms with van der Waals surface area (Å²) < 4.78 is 37.4. The minimum absolute atomic E-state index is 0.245. The van der Waals surface area contributed by atoms with E-state index in [9.17, 15) is 0 Å². The first-order valence-corrected chi connectivity index (χ1v) is 24.4. The molecule has 2 aliphatic rings. The smallest absolute Gasteiger partial charge is 0.137 e. The molecular weight excluding hydrogens is 885 g/mol. The van der Waals surface area contributed by atoms with Crippen LogP contribution in [0.1, 0.15) is 66.8 Å². The van der Waals surface area contributed by atoms with Gasteiger partial charge in [-0.25, -0.2) is 8.78 Å². The topological polar surface area (TPSA) is 16.4 Å². The Morgan fingerprint density at radius 3 is 1.31 bits per heavy atom. The summed E-state index contributed by atoms with van der Waals surface area (Å²) in [6.07, 6.45) is 3.72. The van der Waals surface area contributed by atoms with Crippen LogP contribution in [0.5, 0.6) is 0 Å². The van der Waals surface area contributed by atoms with E-state index in [-0.39, 0.29) is 11.6 Å². The Balaban J connectivity index is 1.11. The van der Waals surface area contributed by atoms with Gasteiger partial charge in [0.15, 0.2) is 0 Å². The van der Waals surface area contributed by atoms with Crippen LogP contribution in [0.2, 0.25) is 0 Å². The third-order valence-corrected chi connectivity index (χ3v) is 15.5. The highest BCUT2D eigenvalue weighted by Crippen LogP contribution is 2.60. The Kier molecular flexibility index (Phi) is 9.81. The molecule has 11 aromatic rings. The molecule has 0 amide bonds.